The van der Waals surface area contributed by atoms with Gasteiger partial charge in [0.25, 0.3) is 0 Å². The summed E-state index contributed by atoms with van der Waals surface area (Å²) in [5.41, 5.74) is 0. The van der Waals surface area contributed by atoms with Crippen molar-refractivity contribution in [3.63, 3.8) is 0 Å². The van der Waals surface area contributed by atoms with Gasteiger partial charge in [-0.05, 0) is 30.3 Å². The monoisotopic (exact) mass is 294 g/mol. The molecule has 7 heteroatoms. The molecule has 2 rings (SSSR count). The summed E-state index contributed by atoms with van der Waals surface area (Å²) in [4.78, 5) is 12.9. The lowest BCUT2D eigenvalue weighted by molar-refractivity contribution is 0.288. The van der Waals surface area contributed by atoms with Crippen LogP contribution in [-0.4, -0.2) is 28.6 Å². The van der Waals surface area contributed by atoms with Crippen LogP contribution in [0.5, 0.6) is 6.01 Å². The first kappa shape index (κ1) is 14.5. The smallest absolute Gasteiger partial charge is 0.322 e. The molecule has 0 aliphatic carbocycles. The zero-order chi connectivity index (χ0) is 14.4. The van der Waals surface area contributed by atoms with E-state index in [0.717, 1.165) is 18.2 Å². The molecule has 5 nitrogen and oxygen atoms in total. The summed E-state index contributed by atoms with van der Waals surface area (Å²) in [5, 5.41) is 3.22. The van der Waals surface area contributed by atoms with Gasteiger partial charge in [-0.15, -0.1) is 0 Å². The van der Waals surface area contributed by atoms with Gasteiger partial charge in [0.2, 0.25) is 11.1 Å². The Balaban J connectivity index is 2.24. The fraction of sp³-hybridized carbons (Fsp3) is 0.308. The van der Waals surface area contributed by atoms with E-state index < -0.39 is 0 Å². The Kier molecular flexibility index (Phi) is 5.11. The first-order valence-corrected chi connectivity index (χ1v) is 7.03. The maximum absolute atomic E-state index is 13.6. The molecule has 0 bridgehead atoms. The number of nitrogens with one attached hydrogen (secondary N) is 1. The number of nitrogens with zero attached hydrogens (tertiary/aromatic N) is 3. The molecule has 1 aromatic carbocycles. The second-order valence-corrected chi connectivity index (χ2v) is 4.86. The van der Waals surface area contributed by atoms with E-state index in [9.17, 15) is 4.39 Å². The van der Waals surface area contributed by atoms with Gasteiger partial charge in [0.15, 0.2) is 0 Å². The van der Waals surface area contributed by atoms with Crippen LogP contribution in [0.4, 0.5) is 10.3 Å². The van der Waals surface area contributed by atoms with E-state index in [1.165, 1.54) is 6.07 Å². The van der Waals surface area contributed by atoms with Crippen LogP contribution in [-0.2, 0) is 0 Å². The number of hydrogen-bond donors (Lipinski definition) is 1. The van der Waals surface area contributed by atoms with E-state index in [4.69, 9.17) is 4.74 Å². The standard InChI is InChI=1S/C13H15FN4OS/c1-3-8-19-12-16-11(15-2)17-13(18-12)20-10-7-5-4-6-9(10)14/h4-7H,3,8H2,1-2H3,(H,15,16,17,18). The van der Waals surface area contributed by atoms with Crippen LogP contribution < -0.4 is 10.1 Å². The third-order valence-electron chi connectivity index (χ3n) is 2.29. The Morgan fingerprint density at radius 3 is 2.75 bits per heavy atom. The second-order valence-electron chi connectivity index (χ2n) is 3.86. The number of benzene rings is 1. The van der Waals surface area contributed by atoms with Crippen molar-refractivity contribution < 1.29 is 9.13 Å². The quantitative estimate of drug-likeness (QED) is 0.884. The molecular weight excluding hydrogens is 279 g/mol. The number of rotatable bonds is 6. The lowest BCUT2D eigenvalue weighted by atomic mass is 10.4. The highest BCUT2D eigenvalue weighted by Crippen LogP contribution is 2.28. The molecule has 106 valence electrons. The van der Waals surface area contributed by atoms with Crippen LogP contribution in [0.1, 0.15) is 13.3 Å². The van der Waals surface area contributed by atoms with E-state index in [-0.39, 0.29) is 11.8 Å². The van der Waals surface area contributed by atoms with Crippen LogP contribution in [0.2, 0.25) is 0 Å². The molecule has 0 aliphatic heterocycles. The molecule has 1 N–H and O–H groups in total. The number of anilines is 1. The third-order valence-corrected chi connectivity index (χ3v) is 3.21. The Hall–Kier alpha value is -1.89. The lowest BCUT2D eigenvalue weighted by Crippen LogP contribution is -2.05. The van der Waals surface area contributed by atoms with Gasteiger partial charge in [0, 0.05) is 7.05 Å². The summed E-state index contributed by atoms with van der Waals surface area (Å²) in [6.45, 7) is 2.52. The molecule has 2 aromatic rings. The molecule has 0 saturated carbocycles. The van der Waals surface area contributed by atoms with E-state index in [1.54, 1.807) is 25.2 Å². The summed E-state index contributed by atoms with van der Waals surface area (Å²) in [6.07, 6.45) is 0.857. The van der Waals surface area contributed by atoms with E-state index >= 15 is 0 Å². The van der Waals surface area contributed by atoms with Gasteiger partial charge >= 0.3 is 6.01 Å². The van der Waals surface area contributed by atoms with Gasteiger partial charge < -0.3 is 10.1 Å². The molecule has 0 spiro atoms. The summed E-state index contributed by atoms with van der Waals surface area (Å²) in [5.74, 6) is 0.0879. The minimum absolute atomic E-state index is 0.241. The number of halogens is 1. The molecule has 1 heterocycles. The van der Waals surface area contributed by atoms with E-state index in [1.807, 2.05) is 6.92 Å². The van der Waals surface area contributed by atoms with Crippen molar-refractivity contribution in [2.24, 2.45) is 0 Å². The maximum Gasteiger partial charge on any atom is 0.322 e. The van der Waals surface area contributed by atoms with E-state index in [0.29, 0.717) is 22.6 Å². The fourth-order valence-electron chi connectivity index (χ4n) is 1.38. The minimum Gasteiger partial charge on any atom is -0.463 e. The van der Waals surface area contributed by atoms with Crippen LogP contribution >= 0.6 is 11.8 Å². The van der Waals surface area contributed by atoms with Crippen molar-refractivity contribution >= 4 is 17.7 Å². The molecule has 0 atom stereocenters. The highest BCUT2D eigenvalue weighted by atomic mass is 32.2. The summed E-state index contributed by atoms with van der Waals surface area (Å²) in [6, 6.07) is 6.72. The molecule has 1 aromatic heterocycles. The highest BCUT2D eigenvalue weighted by Gasteiger charge is 2.10. The van der Waals surface area contributed by atoms with Gasteiger partial charge in [0.1, 0.15) is 5.82 Å². The first-order valence-electron chi connectivity index (χ1n) is 6.22. The molecule has 20 heavy (non-hydrogen) atoms. The molecule has 0 radical (unpaired) electrons. The second kappa shape index (κ2) is 7.04. The van der Waals surface area contributed by atoms with Gasteiger partial charge in [-0.1, -0.05) is 19.1 Å². The molecule has 0 saturated heterocycles. The lowest BCUT2D eigenvalue weighted by Gasteiger charge is -2.07. The fourth-order valence-corrected chi connectivity index (χ4v) is 2.14. The molecule has 0 aliphatic rings. The zero-order valence-corrected chi connectivity index (χ0v) is 12.1. The molecule has 0 unspecified atom stereocenters. The predicted octanol–water partition coefficient (Wildman–Crippen LogP) is 2.99. The summed E-state index contributed by atoms with van der Waals surface area (Å²) in [7, 11) is 1.70. The first-order chi connectivity index (χ1) is 9.72. The van der Waals surface area contributed by atoms with Crippen molar-refractivity contribution in [3.05, 3.63) is 30.1 Å². The molecular formula is C13H15FN4OS. The summed E-state index contributed by atoms with van der Waals surface area (Å²) < 4.78 is 19.0. The molecule has 0 fully saturated rings. The van der Waals surface area contributed by atoms with Crippen molar-refractivity contribution in [2.45, 2.75) is 23.4 Å². The number of aromatic nitrogens is 3. The summed E-state index contributed by atoms with van der Waals surface area (Å²) >= 11 is 1.13. The normalized spacial score (nSPS) is 10.3. The number of hydrogen-bond acceptors (Lipinski definition) is 6. The van der Waals surface area contributed by atoms with Crippen molar-refractivity contribution in [1.29, 1.82) is 0 Å². The average Bonchev–Trinajstić information content (AvgIpc) is 2.47. The Labute approximate surface area is 121 Å². The van der Waals surface area contributed by atoms with Crippen LogP contribution in [0, 0.1) is 5.82 Å². The van der Waals surface area contributed by atoms with Crippen molar-refractivity contribution in [3.8, 4) is 6.01 Å². The van der Waals surface area contributed by atoms with Gasteiger partial charge in [-0.2, -0.15) is 15.0 Å². The highest BCUT2D eigenvalue weighted by molar-refractivity contribution is 7.99. The van der Waals surface area contributed by atoms with Crippen molar-refractivity contribution in [2.75, 3.05) is 19.0 Å². The third kappa shape index (κ3) is 3.80. The zero-order valence-electron chi connectivity index (χ0n) is 11.3. The topological polar surface area (TPSA) is 59.9 Å². The van der Waals surface area contributed by atoms with Crippen LogP contribution in [0.15, 0.2) is 34.3 Å². The Morgan fingerprint density at radius 1 is 1.25 bits per heavy atom. The SMILES string of the molecule is CCCOc1nc(NC)nc(Sc2ccccc2F)n1. The largest absolute Gasteiger partial charge is 0.463 e. The minimum atomic E-state index is -0.306. The van der Waals surface area contributed by atoms with Gasteiger partial charge in [-0.25, -0.2) is 4.39 Å². The molecule has 0 amide bonds. The number of ether oxygens (including phenoxy) is 1. The van der Waals surface area contributed by atoms with Gasteiger partial charge in [-0.3, -0.25) is 0 Å². The maximum atomic E-state index is 13.6. The predicted molar refractivity (Wildman–Crippen MR) is 75.7 cm³/mol. The Morgan fingerprint density at radius 2 is 2.05 bits per heavy atom. The van der Waals surface area contributed by atoms with Crippen LogP contribution in [0.25, 0.3) is 0 Å². The van der Waals surface area contributed by atoms with Crippen LogP contribution in [0.3, 0.4) is 0 Å². The average molecular weight is 294 g/mol. The Bertz CT molecular complexity index is 582. The van der Waals surface area contributed by atoms with Gasteiger partial charge in [0.05, 0.1) is 11.5 Å². The van der Waals surface area contributed by atoms with E-state index in [2.05, 4.69) is 20.3 Å². The van der Waals surface area contributed by atoms with Crippen molar-refractivity contribution in [1.82, 2.24) is 15.0 Å².